The third kappa shape index (κ3) is 5.95. The van der Waals surface area contributed by atoms with Gasteiger partial charge in [0.15, 0.2) is 0 Å². The average molecular weight is 149 g/mol. The summed E-state index contributed by atoms with van der Waals surface area (Å²) in [5.74, 6) is 0.587. The lowest BCUT2D eigenvalue weighted by atomic mass is 10.8. The van der Waals surface area contributed by atoms with Crippen molar-refractivity contribution in [3.05, 3.63) is 0 Å². The highest BCUT2D eigenvalue weighted by Crippen LogP contribution is 1.73. The largest absolute Gasteiger partial charge is 0.260 e. The first kappa shape index (κ1) is 7.95. The molecule has 1 atom stereocenters. The quantitative estimate of drug-likeness (QED) is 0.431. The molecule has 0 rings (SSSR count). The summed E-state index contributed by atoms with van der Waals surface area (Å²) < 4.78 is 10.3. The van der Waals surface area contributed by atoms with E-state index in [1.807, 2.05) is 0 Å². The minimum Gasteiger partial charge on any atom is -0.260 e. The summed E-state index contributed by atoms with van der Waals surface area (Å²) in [4.78, 5) is 3.58. The Kier molecular flexibility index (Phi) is 5.06. The van der Waals surface area contributed by atoms with Crippen LogP contribution in [0.25, 0.3) is 0 Å². The third-order valence-electron chi connectivity index (χ3n) is 0.555. The standard InChI is InChI=1S/C4H7NOS2/c1-8(6)3-2-5-4-7/h2-3H2,1H3/t8-/m0/s1. The van der Waals surface area contributed by atoms with Gasteiger partial charge >= 0.3 is 0 Å². The van der Waals surface area contributed by atoms with E-state index in [9.17, 15) is 4.21 Å². The van der Waals surface area contributed by atoms with Crippen molar-refractivity contribution < 1.29 is 4.21 Å². The number of hydrogen-bond acceptors (Lipinski definition) is 3. The fraction of sp³-hybridized carbons (Fsp3) is 0.750. The van der Waals surface area contributed by atoms with Gasteiger partial charge in [0, 0.05) is 22.8 Å². The van der Waals surface area contributed by atoms with Gasteiger partial charge in [-0.3, -0.25) is 4.21 Å². The van der Waals surface area contributed by atoms with Gasteiger partial charge in [-0.1, -0.05) is 0 Å². The second kappa shape index (κ2) is 5.09. The molecule has 8 heavy (non-hydrogen) atoms. The van der Waals surface area contributed by atoms with Gasteiger partial charge in [0.25, 0.3) is 0 Å². The van der Waals surface area contributed by atoms with Crippen LogP contribution in [0.15, 0.2) is 4.99 Å². The highest BCUT2D eigenvalue weighted by Gasteiger charge is 1.84. The van der Waals surface area contributed by atoms with E-state index in [-0.39, 0.29) is 0 Å². The summed E-state index contributed by atoms with van der Waals surface area (Å²) in [7, 11) is -0.747. The fourth-order valence-corrected chi connectivity index (χ4v) is 0.660. The van der Waals surface area contributed by atoms with Crippen molar-refractivity contribution in [1.29, 1.82) is 0 Å². The van der Waals surface area contributed by atoms with E-state index in [4.69, 9.17) is 0 Å². The van der Waals surface area contributed by atoms with Crippen molar-refractivity contribution in [2.24, 2.45) is 4.99 Å². The lowest BCUT2D eigenvalue weighted by Crippen LogP contribution is -1.96. The van der Waals surface area contributed by atoms with Gasteiger partial charge in [-0.25, -0.2) is 4.99 Å². The Morgan fingerprint density at radius 2 is 2.50 bits per heavy atom. The molecular formula is C4H7NOS2. The van der Waals surface area contributed by atoms with Crippen molar-refractivity contribution in [3.63, 3.8) is 0 Å². The number of aliphatic imine (C=N–C) groups is 1. The van der Waals surface area contributed by atoms with Crippen molar-refractivity contribution >= 4 is 28.2 Å². The molecular weight excluding hydrogens is 142 g/mol. The van der Waals surface area contributed by atoms with E-state index >= 15 is 0 Å². The monoisotopic (exact) mass is 149 g/mol. The van der Waals surface area contributed by atoms with Crippen molar-refractivity contribution in [3.8, 4) is 0 Å². The molecule has 4 heteroatoms. The Bertz CT molecular complexity index is 126. The average Bonchev–Trinajstić information content (AvgIpc) is 1.66. The van der Waals surface area contributed by atoms with Crippen LogP contribution in [-0.4, -0.2) is 27.9 Å². The van der Waals surface area contributed by atoms with E-state index in [0.717, 1.165) is 0 Å². The van der Waals surface area contributed by atoms with Crippen molar-refractivity contribution in [1.82, 2.24) is 0 Å². The summed E-state index contributed by atoms with van der Waals surface area (Å²) in [6, 6.07) is 0. The van der Waals surface area contributed by atoms with Crippen LogP contribution < -0.4 is 0 Å². The molecule has 0 aromatic rings. The normalized spacial score (nSPS) is 12.1. The molecule has 0 amide bonds. The van der Waals surface area contributed by atoms with Gasteiger partial charge < -0.3 is 0 Å². The summed E-state index contributed by atoms with van der Waals surface area (Å²) in [6.45, 7) is 0.534. The highest BCUT2D eigenvalue weighted by molar-refractivity contribution is 7.84. The van der Waals surface area contributed by atoms with Gasteiger partial charge in [-0.2, -0.15) is 0 Å². The van der Waals surface area contributed by atoms with Gasteiger partial charge in [-0.05, 0) is 12.2 Å². The third-order valence-corrected chi connectivity index (χ3v) is 1.44. The molecule has 0 heterocycles. The molecule has 0 aliphatic heterocycles. The lowest BCUT2D eigenvalue weighted by molar-refractivity contribution is 0.686. The summed E-state index contributed by atoms with van der Waals surface area (Å²) in [5, 5.41) is 2.20. The van der Waals surface area contributed by atoms with Crippen LogP contribution >= 0.6 is 12.2 Å². The summed E-state index contributed by atoms with van der Waals surface area (Å²) >= 11 is 4.29. The first-order valence-corrected chi connectivity index (χ1v) is 4.24. The molecule has 46 valence electrons. The highest BCUT2D eigenvalue weighted by atomic mass is 32.2. The molecule has 0 aromatic carbocycles. The zero-order valence-electron chi connectivity index (χ0n) is 4.59. The van der Waals surface area contributed by atoms with Crippen LogP contribution in [0.4, 0.5) is 0 Å². The first-order chi connectivity index (χ1) is 3.77. The Balaban J connectivity index is 3.18. The van der Waals surface area contributed by atoms with Crippen LogP contribution in [0.5, 0.6) is 0 Å². The second-order valence-electron chi connectivity index (χ2n) is 1.25. The van der Waals surface area contributed by atoms with Gasteiger partial charge in [0.1, 0.15) is 0 Å². The van der Waals surface area contributed by atoms with Crippen LogP contribution in [-0.2, 0) is 10.8 Å². The molecule has 0 radical (unpaired) electrons. The second-order valence-corrected chi connectivity index (χ2v) is 2.99. The van der Waals surface area contributed by atoms with E-state index in [0.29, 0.717) is 12.3 Å². The maximum atomic E-state index is 10.3. The van der Waals surface area contributed by atoms with Crippen molar-refractivity contribution in [2.75, 3.05) is 18.6 Å². The van der Waals surface area contributed by atoms with Crippen LogP contribution in [0.1, 0.15) is 0 Å². The number of nitrogens with zero attached hydrogens (tertiary/aromatic N) is 1. The minimum absolute atomic E-state index is 0.534. The Morgan fingerprint density at radius 1 is 1.88 bits per heavy atom. The summed E-state index contributed by atoms with van der Waals surface area (Å²) in [5.41, 5.74) is 0. The minimum atomic E-state index is -0.747. The van der Waals surface area contributed by atoms with Crippen molar-refractivity contribution in [2.45, 2.75) is 0 Å². The van der Waals surface area contributed by atoms with Gasteiger partial charge in [0.05, 0.1) is 11.7 Å². The smallest absolute Gasteiger partial charge is 0.0608 e. The SMILES string of the molecule is C[S@](=O)CCN=C=S. The molecule has 0 saturated heterocycles. The molecule has 0 fully saturated rings. The molecule has 0 unspecified atom stereocenters. The van der Waals surface area contributed by atoms with E-state index in [1.165, 1.54) is 0 Å². The summed E-state index contributed by atoms with van der Waals surface area (Å²) in [6.07, 6.45) is 1.64. The molecule has 0 spiro atoms. The number of hydrogen-bond donors (Lipinski definition) is 0. The lowest BCUT2D eigenvalue weighted by Gasteiger charge is -1.84. The molecule has 0 aliphatic rings. The predicted molar refractivity (Wildman–Crippen MR) is 38.8 cm³/mol. The number of thiocarbonyl (C=S) groups is 1. The van der Waals surface area contributed by atoms with Crippen LogP contribution in [0.3, 0.4) is 0 Å². The van der Waals surface area contributed by atoms with E-state index in [1.54, 1.807) is 6.26 Å². The molecule has 0 bridgehead atoms. The molecule has 0 N–H and O–H groups in total. The maximum absolute atomic E-state index is 10.3. The Hall–Kier alpha value is -0.0500. The van der Waals surface area contributed by atoms with Gasteiger partial charge in [-0.15, -0.1) is 0 Å². The first-order valence-electron chi connectivity index (χ1n) is 2.11. The van der Waals surface area contributed by atoms with E-state index < -0.39 is 10.8 Å². The molecule has 0 aliphatic carbocycles. The molecule has 0 saturated carbocycles. The fourth-order valence-electron chi connectivity index (χ4n) is 0.220. The van der Waals surface area contributed by atoms with E-state index in [2.05, 4.69) is 22.4 Å². The number of rotatable bonds is 3. The molecule has 2 nitrogen and oxygen atoms in total. The maximum Gasteiger partial charge on any atom is 0.0608 e. The number of isothiocyanates is 1. The Labute approximate surface area is 56.5 Å². The Morgan fingerprint density at radius 3 is 2.88 bits per heavy atom. The van der Waals surface area contributed by atoms with Gasteiger partial charge in [0.2, 0.25) is 0 Å². The van der Waals surface area contributed by atoms with Crippen LogP contribution in [0.2, 0.25) is 0 Å². The zero-order chi connectivity index (χ0) is 6.41. The topological polar surface area (TPSA) is 29.4 Å². The predicted octanol–water partition coefficient (Wildman–Crippen LogP) is 0.468. The zero-order valence-corrected chi connectivity index (χ0v) is 6.22. The molecule has 0 aromatic heterocycles. The van der Waals surface area contributed by atoms with Crippen LogP contribution in [0, 0.1) is 0 Å².